The van der Waals surface area contributed by atoms with Crippen molar-refractivity contribution in [3.8, 4) is 0 Å². The molecule has 2 aromatic heterocycles. The Morgan fingerprint density at radius 1 is 1.08 bits per heavy atom. The summed E-state index contributed by atoms with van der Waals surface area (Å²) in [4.78, 5) is 31.2. The number of unbranched alkanes of at least 4 members (excludes halogenated alkanes) is 2. The molecule has 0 atom stereocenters. The Labute approximate surface area is 139 Å². The van der Waals surface area contributed by atoms with Crippen LogP contribution in [0, 0.1) is 5.95 Å². The second-order valence-corrected chi connectivity index (χ2v) is 5.28. The van der Waals surface area contributed by atoms with Gasteiger partial charge in [-0.15, -0.1) is 0 Å². The first-order valence-corrected chi connectivity index (χ1v) is 7.77. The van der Waals surface area contributed by atoms with Crippen LogP contribution in [0.2, 0.25) is 0 Å². The first-order valence-electron chi connectivity index (χ1n) is 7.77. The monoisotopic (exact) mass is 330 g/mol. The summed E-state index contributed by atoms with van der Waals surface area (Å²) in [5.74, 6) is -1.95. The zero-order valence-corrected chi connectivity index (χ0v) is 13.4. The fraction of sp³-hybridized carbons (Fsp3) is 0.294. The minimum atomic E-state index is -0.769. The molecule has 0 fully saturated rings. The number of aromatic nitrogens is 2. The van der Waals surface area contributed by atoms with Crippen molar-refractivity contribution >= 4 is 11.8 Å². The standard InChI is InChI=1S/C17H19FN4O2/c1-2-3-4-5-12-6-7-14(20-11-12)17(24)22-21-16(23)13-8-9-19-15(18)10-13/h6-11H,2-5H2,1H3,(H,21,23)(H,22,24). The van der Waals surface area contributed by atoms with E-state index in [1.54, 1.807) is 12.3 Å². The summed E-state index contributed by atoms with van der Waals surface area (Å²) in [7, 11) is 0. The number of rotatable bonds is 6. The average molecular weight is 330 g/mol. The molecule has 0 aliphatic heterocycles. The lowest BCUT2D eigenvalue weighted by atomic mass is 10.1. The Morgan fingerprint density at radius 3 is 2.54 bits per heavy atom. The van der Waals surface area contributed by atoms with Crippen molar-refractivity contribution < 1.29 is 14.0 Å². The van der Waals surface area contributed by atoms with E-state index in [9.17, 15) is 14.0 Å². The van der Waals surface area contributed by atoms with Gasteiger partial charge in [-0.3, -0.25) is 25.4 Å². The van der Waals surface area contributed by atoms with Crippen molar-refractivity contribution in [2.45, 2.75) is 32.6 Å². The van der Waals surface area contributed by atoms with Crippen LogP contribution in [0.15, 0.2) is 36.7 Å². The van der Waals surface area contributed by atoms with Gasteiger partial charge in [-0.2, -0.15) is 4.39 Å². The van der Waals surface area contributed by atoms with E-state index in [0.717, 1.165) is 37.3 Å². The molecule has 2 heterocycles. The third kappa shape index (κ3) is 5.12. The van der Waals surface area contributed by atoms with Crippen LogP contribution in [0.25, 0.3) is 0 Å². The van der Waals surface area contributed by atoms with Gasteiger partial charge in [0, 0.05) is 24.0 Å². The van der Waals surface area contributed by atoms with Crippen LogP contribution in [-0.4, -0.2) is 21.8 Å². The summed E-state index contributed by atoms with van der Waals surface area (Å²) in [6.07, 6.45) is 7.14. The molecule has 0 aliphatic carbocycles. The summed E-state index contributed by atoms with van der Waals surface area (Å²) in [5.41, 5.74) is 5.77. The number of hydrazine groups is 1. The predicted molar refractivity (Wildman–Crippen MR) is 86.6 cm³/mol. The number of halogens is 1. The Bertz CT molecular complexity index is 704. The normalized spacial score (nSPS) is 10.2. The highest BCUT2D eigenvalue weighted by Gasteiger charge is 2.11. The Balaban J connectivity index is 1.87. The van der Waals surface area contributed by atoms with Crippen molar-refractivity contribution in [3.05, 3.63) is 59.4 Å². The minimum absolute atomic E-state index is 0.0574. The number of hydrogen-bond acceptors (Lipinski definition) is 4. The van der Waals surface area contributed by atoms with Gasteiger partial charge in [0.05, 0.1) is 0 Å². The summed E-state index contributed by atoms with van der Waals surface area (Å²) in [6.45, 7) is 2.14. The number of amides is 2. The van der Waals surface area contributed by atoms with Crippen LogP contribution in [0.1, 0.15) is 52.6 Å². The fourth-order valence-electron chi connectivity index (χ4n) is 2.08. The maximum Gasteiger partial charge on any atom is 0.288 e. The van der Waals surface area contributed by atoms with E-state index in [1.165, 1.54) is 12.3 Å². The molecule has 6 nitrogen and oxygen atoms in total. The van der Waals surface area contributed by atoms with E-state index in [4.69, 9.17) is 0 Å². The number of nitrogens with zero attached hydrogens (tertiary/aromatic N) is 2. The highest BCUT2D eigenvalue weighted by molar-refractivity contribution is 5.98. The van der Waals surface area contributed by atoms with Gasteiger partial charge in [-0.25, -0.2) is 4.98 Å². The lowest BCUT2D eigenvalue weighted by Gasteiger charge is -2.07. The summed E-state index contributed by atoms with van der Waals surface area (Å²) in [5, 5.41) is 0. The molecule has 0 spiro atoms. The van der Waals surface area contributed by atoms with Crippen molar-refractivity contribution in [2.24, 2.45) is 0 Å². The van der Waals surface area contributed by atoms with Gasteiger partial charge in [0.1, 0.15) is 5.69 Å². The average Bonchev–Trinajstić information content (AvgIpc) is 2.60. The first-order chi connectivity index (χ1) is 11.6. The van der Waals surface area contributed by atoms with Crippen LogP contribution in [-0.2, 0) is 6.42 Å². The van der Waals surface area contributed by atoms with Gasteiger partial charge in [-0.05, 0) is 30.5 Å². The summed E-state index contributed by atoms with van der Waals surface area (Å²) in [6, 6.07) is 5.77. The van der Waals surface area contributed by atoms with Crippen molar-refractivity contribution in [3.63, 3.8) is 0 Å². The molecule has 0 aliphatic rings. The predicted octanol–water partition coefficient (Wildman–Crippen LogP) is 2.42. The van der Waals surface area contributed by atoms with Gasteiger partial charge < -0.3 is 0 Å². The van der Waals surface area contributed by atoms with Gasteiger partial charge in [0.25, 0.3) is 11.8 Å². The van der Waals surface area contributed by atoms with Crippen LogP contribution in [0.3, 0.4) is 0 Å². The quantitative estimate of drug-likeness (QED) is 0.484. The third-order valence-corrected chi connectivity index (χ3v) is 3.40. The number of carbonyl (C=O) groups is 2. The third-order valence-electron chi connectivity index (χ3n) is 3.40. The van der Waals surface area contributed by atoms with E-state index in [-0.39, 0.29) is 11.3 Å². The minimum Gasteiger partial charge on any atom is -0.267 e. The molecule has 0 saturated carbocycles. The van der Waals surface area contributed by atoms with Gasteiger partial charge >= 0.3 is 0 Å². The van der Waals surface area contributed by atoms with E-state index in [1.807, 2.05) is 6.07 Å². The van der Waals surface area contributed by atoms with Crippen LogP contribution >= 0.6 is 0 Å². The molecule has 2 aromatic rings. The Kier molecular flexibility index (Phi) is 6.36. The van der Waals surface area contributed by atoms with Crippen molar-refractivity contribution in [2.75, 3.05) is 0 Å². The Morgan fingerprint density at radius 2 is 1.88 bits per heavy atom. The smallest absolute Gasteiger partial charge is 0.267 e. The lowest BCUT2D eigenvalue weighted by Crippen LogP contribution is -2.42. The second-order valence-electron chi connectivity index (χ2n) is 5.28. The molecule has 2 rings (SSSR count). The maximum absolute atomic E-state index is 13.0. The van der Waals surface area contributed by atoms with Gasteiger partial charge in [-0.1, -0.05) is 25.8 Å². The molecule has 0 aromatic carbocycles. The number of carbonyl (C=O) groups excluding carboxylic acids is 2. The number of aryl methyl sites for hydroxylation is 1. The molecule has 0 bridgehead atoms. The summed E-state index contributed by atoms with van der Waals surface area (Å²) >= 11 is 0. The van der Waals surface area contributed by atoms with E-state index in [0.29, 0.717) is 0 Å². The highest BCUT2D eigenvalue weighted by atomic mass is 19.1. The molecular formula is C17H19FN4O2. The van der Waals surface area contributed by atoms with Gasteiger partial charge in [0.2, 0.25) is 5.95 Å². The van der Waals surface area contributed by atoms with Gasteiger partial charge in [0.15, 0.2) is 0 Å². The molecule has 0 radical (unpaired) electrons. The van der Waals surface area contributed by atoms with Crippen LogP contribution < -0.4 is 10.9 Å². The van der Waals surface area contributed by atoms with E-state index in [2.05, 4.69) is 27.7 Å². The Hall–Kier alpha value is -2.83. The van der Waals surface area contributed by atoms with Crippen LogP contribution in [0.4, 0.5) is 4.39 Å². The molecule has 7 heteroatoms. The SMILES string of the molecule is CCCCCc1ccc(C(=O)NNC(=O)c2ccnc(F)c2)nc1. The van der Waals surface area contributed by atoms with Crippen molar-refractivity contribution in [1.82, 2.24) is 20.8 Å². The molecular weight excluding hydrogens is 311 g/mol. The zero-order chi connectivity index (χ0) is 17.4. The van der Waals surface area contributed by atoms with E-state index < -0.39 is 17.8 Å². The van der Waals surface area contributed by atoms with E-state index >= 15 is 0 Å². The van der Waals surface area contributed by atoms with Crippen molar-refractivity contribution in [1.29, 1.82) is 0 Å². The highest BCUT2D eigenvalue weighted by Crippen LogP contribution is 2.06. The largest absolute Gasteiger partial charge is 0.288 e. The number of hydrogen-bond donors (Lipinski definition) is 2. The molecule has 0 unspecified atom stereocenters. The molecule has 126 valence electrons. The maximum atomic E-state index is 13.0. The fourth-order valence-corrected chi connectivity index (χ4v) is 2.08. The molecule has 2 N–H and O–H groups in total. The number of pyridine rings is 2. The topological polar surface area (TPSA) is 84.0 Å². The summed E-state index contributed by atoms with van der Waals surface area (Å²) < 4.78 is 13.0. The lowest BCUT2D eigenvalue weighted by molar-refractivity contribution is 0.0843. The zero-order valence-electron chi connectivity index (χ0n) is 13.4. The number of nitrogens with one attached hydrogen (secondary N) is 2. The van der Waals surface area contributed by atoms with Crippen LogP contribution in [0.5, 0.6) is 0 Å². The first kappa shape index (κ1) is 17.5. The second kappa shape index (κ2) is 8.71. The molecule has 24 heavy (non-hydrogen) atoms. The molecule has 2 amide bonds. The molecule has 0 saturated heterocycles.